The van der Waals surface area contributed by atoms with E-state index in [9.17, 15) is 8.42 Å². The molecule has 0 spiro atoms. The Hall–Kier alpha value is -2.43. The lowest BCUT2D eigenvalue weighted by atomic mass is 9.59. The van der Waals surface area contributed by atoms with Crippen molar-refractivity contribution in [3.63, 3.8) is 0 Å². The number of nitrogens with one attached hydrogen (secondary N) is 1. The maximum absolute atomic E-state index is 12.8. The topological polar surface area (TPSA) is 46.2 Å². The van der Waals surface area contributed by atoms with Gasteiger partial charge in [0, 0.05) is 18.4 Å². The Morgan fingerprint density at radius 1 is 0.821 bits per heavy atom. The second-order valence-electron chi connectivity index (χ2n) is 7.95. The predicted octanol–water partition coefficient (Wildman–Crippen LogP) is 4.57. The monoisotopic (exact) mass is 389 g/mol. The molecule has 3 aromatic carbocycles. The molecule has 0 unspecified atom stereocenters. The molecule has 3 aliphatic rings. The molecule has 6 rings (SSSR count). The van der Waals surface area contributed by atoms with Gasteiger partial charge in [0.15, 0.2) is 0 Å². The highest BCUT2D eigenvalue weighted by Crippen LogP contribution is 2.55. The van der Waals surface area contributed by atoms with Gasteiger partial charge in [0.05, 0.1) is 4.90 Å². The summed E-state index contributed by atoms with van der Waals surface area (Å²) in [4.78, 5) is 0.333. The first-order chi connectivity index (χ1) is 13.5. The second kappa shape index (κ2) is 6.57. The maximum atomic E-state index is 12.8. The lowest BCUT2D eigenvalue weighted by molar-refractivity contribution is 0.355. The molecule has 0 saturated heterocycles. The predicted molar refractivity (Wildman–Crippen MR) is 111 cm³/mol. The van der Waals surface area contributed by atoms with Crippen molar-refractivity contribution < 1.29 is 8.42 Å². The summed E-state index contributed by atoms with van der Waals surface area (Å²) in [5, 5.41) is 0. The molecule has 1 N–H and O–H groups in total. The third-order valence-electron chi connectivity index (χ3n) is 6.29. The zero-order valence-electron chi connectivity index (χ0n) is 15.8. The molecule has 2 bridgehead atoms. The van der Waals surface area contributed by atoms with Gasteiger partial charge in [0.25, 0.3) is 0 Å². The third kappa shape index (κ3) is 2.79. The van der Waals surface area contributed by atoms with Crippen LogP contribution in [0.1, 0.15) is 46.1 Å². The second-order valence-corrected chi connectivity index (χ2v) is 9.72. The Labute approximate surface area is 166 Å². The van der Waals surface area contributed by atoms with Crippen LogP contribution in [0.3, 0.4) is 0 Å². The average Bonchev–Trinajstić information content (AvgIpc) is 2.73. The summed E-state index contributed by atoms with van der Waals surface area (Å²) in [5.74, 6) is 0.861. The maximum Gasteiger partial charge on any atom is 0.240 e. The van der Waals surface area contributed by atoms with Crippen LogP contribution >= 0.6 is 0 Å². The lowest BCUT2D eigenvalue weighted by Crippen LogP contribution is -2.39. The summed E-state index contributed by atoms with van der Waals surface area (Å²) in [6.45, 7) is 2.41. The molecule has 28 heavy (non-hydrogen) atoms. The largest absolute Gasteiger partial charge is 0.240 e. The van der Waals surface area contributed by atoms with Crippen LogP contribution in [0.15, 0.2) is 77.7 Å². The molecular formula is C24H23NO2S. The highest BCUT2D eigenvalue weighted by Gasteiger charge is 2.43. The van der Waals surface area contributed by atoms with Gasteiger partial charge in [-0.1, -0.05) is 66.2 Å². The molecule has 142 valence electrons. The van der Waals surface area contributed by atoms with E-state index in [0.29, 0.717) is 17.4 Å². The Morgan fingerprint density at radius 3 is 1.93 bits per heavy atom. The number of hydrogen-bond acceptors (Lipinski definition) is 2. The van der Waals surface area contributed by atoms with Gasteiger partial charge in [0.1, 0.15) is 0 Å². The average molecular weight is 390 g/mol. The van der Waals surface area contributed by atoms with E-state index in [2.05, 4.69) is 53.3 Å². The van der Waals surface area contributed by atoms with Crippen molar-refractivity contribution in [2.75, 3.05) is 6.54 Å². The van der Waals surface area contributed by atoms with Crippen molar-refractivity contribution in [2.24, 2.45) is 5.92 Å². The van der Waals surface area contributed by atoms with Crippen molar-refractivity contribution in [2.45, 2.75) is 30.1 Å². The zero-order chi connectivity index (χ0) is 19.3. The first-order valence-corrected chi connectivity index (χ1v) is 11.3. The highest BCUT2D eigenvalue weighted by atomic mass is 32.2. The lowest BCUT2D eigenvalue weighted by Gasteiger charge is -2.45. The Balaban J connectivity index is 1.46. The Kier molecular flexibility index (Phi) is 4.14. The highest BCUT2D eigenvalue weighted by molar-refractivity contribution is 7.89. The SMILES string of the molecule is Cc1ccc(S(=O)(=O)NC[C@H]2CC3c4ccccc4C2c2ccccc23)cc1. The smallest absolute Gasteiger partial charge is 0.211 e. The van der Waals surface area contributed by atoms with Crippen molar-refractivity contribution in [1.29, 1.82) is 0 Å². The van der Waals surface area contributed by atoms with E-state index in [-0.39, 0.29) is 11.8 Å². The summed E-state index contributed by atoms with van der Waals surface area (Å²) in [5.41, 5.74) is 6.58. The zero-order valence-corrected chi connectivity index (χ0v) is 16.6. The molecule has 0 aliphatic heterocycles. The minimum absolute atomic E-state index is 0.248. The van der Waals surface area contributed by atoms with Crippen molar-refractivity contribution in [1.82, 2.24) is 4.72 Å². The molecular weight excluding hydrogens is 366 g/mol. The molecule has 3 nitrogen and oxygen atoms in total. The van der Waals surface area contributed by atoms with E-state index < -0.39 is 10.0 Å². The van der Waals surface area contributed by atoms with Gasteiger partial charge in [-0.05, 0) is 53.6 Å². The standard InChI is InChI=1S/C24H23NO2S/c1-16-10-12-18(13-11-16)28(26,27)25-15-17-14-23-19-6-2-4-8-21(19)24(17)22-9-5-3-7-20(22)23/h2-13,17,23-25H,14-15H2,1H3/t17-,23?,24?/m1/s1. The van der Waals surface area contributed by atoms with Crippen LogP contribution < -0.4 is 4.72 Å². The number of sulfonamides is 1. The van der Waals surface area contributed by atoms with E-state index in [1.54, 1.807) is 12.1 Å². The Morgan fingerprint density at radius 2 is 1.36 bits per heavy atom. The van der Waals surface area contributed by atoms with Crippen LogP contribution in [-0.4, -0.2) is 15.0 Å². The van der Waals surface area contributed by atoms with Gasteiger partial charge in [0.2, 0.25) is 10.0 Å². The van der Waals surface area contributed by atoms with Crippen LogP contribution in [-0.2, 0) is 10.0 Å². The minimum atomic E-state index is -3.50. The van der Waals surface area contributed by atoms with E-state index in [4.69, 9.17) is 0 Å². The van der Waals surface area contributed by atoms with Gasteiger partial charge < -0.3 is 0 Å². The quantitative estimate of drug-likeness (QED) is 0.710. The number of rotatable bonds is 4. The summed E-state index contributed by atoms with van der Waals surface area (Å²) in [6.07, 6.45) is 0.981. The van der Waals surface area contributed by atoms with E-state index in [0.717, 1.165) is 12.0 Å². The van der Waals surface area contributed by atoms with Crippen molar-refractivity contribution in [3.8, 4) is 0 Å². The van der Waals surface area contributed by atoms with Crippen LogP contribution in [0.2, 0.25) is 0 Å². The van der Waals surface area contributed by atoms with E-state index >= 15 is 0 Å². The molecule has 0 amide bonds. The molecule has 0 radical (unpaired) electrons. The fourth-order valence-corrected chi connectivity index (χ4v) is 6.07. The summed E-state index contributed by atoms with van der Waals surface area (Å²) in [6, 6.07) is 24.3. The van der Waals surface area contributed by atoms with Gasteiger partial charge in [-0.2, -0.15) is 0 Å². The third-order valence-corrected chi connectivity index (χ3v) is 7.73. The number of benzene rings is 3. The number of fused-ring (bicyclic) bond motifs is 1. The first kappa shape index (κ1) is 17.7. The summed E-state index contributed by atoms with van der Waals surface area (Å²) < 4.78 is 28.4. The van der Waals surface area contributed by atoms with Crippen LogP contribution in [0.5, 0.6) is 0 Å². The molecule has 3 aromatic rings. The molecule has 0 fully saturated rings. The molecule has 3 aliphatic carbocycles. The molecule has 0 heterocycles. The van der Waals surface area contributed by atoms with Crippen LogP contribution in [0, 0.1) is 12.8 Å². The van der Waals surface area contributed by atoms with Crippen molar-refractivity contribution >= 4 is 10.0 Å². The van der Waals surface area contributed by atoms with Crippen molar-refractivity contribution in [3.05, 3.63) is 101 Å². The van der Waals surface area contributed by atoms with Gasteiger partial charge >= 0.3 is 0 Å². The first-order valence-electron chi connectivity index (χ1n) is 9.78. The molecule has 1 atom stereocenters. The molecule has 4 heteroatoms. The van der Waals surface area contributed by atoms with Gasteiger partial charge in [-0.15, -0.1) is 0 Å². The summed E-state index contributed by atoms with van der Waals surface area (Å²) >= 11 is 0. The van der Waals surface area contributed by atoms with Gasteiger partial charge in [-0.25, -0.2) is 13.1 Å². The van der Waals surface area contributed by atoms with Gasteiger partial charge in [-0.3, -0.25) is 0 Å². The normalized spacial score (nSPS) is 22.5. The fraction of sp³-hybridized carbons (Fsp3) is 0.250. The summed E-state index contributed by atoms with van der Waals surface area (Å²) in [7, 11) is -3.50. The van der Waals surface area contributed by atoms with E-state index in [1.165, 1.54) is 22.3 Å². The van der Waals surface area contributed by atoms with E-state index in [1.807, 2.05) is 19.1 Å². The number of aryl methyl sites for hydroxylation is 1. The molecule has 0 aromatic heterocycles. The number of hydrogen-bond donors (Lipinski definition) is 1. The molecule has 0 saturated carbocycles. The Bertz CT molecular complexity index is 1090. The van der Waals surface area contributed by atoms with Crippen LogP contribution in [0.4, 0.5) is 0 Å². The fourth-order valence-electron chi connectivity index (χ4n) is 4.98. The van der Waals surface area contributed by atoms with Crippen LogP contribution in [0.25, 0.3) is 0 Å². The minimum Gasteiger partial charge on any atom is -0.211 e.